The molecule has 0 spiro atoms. The normalized spacial score (nSPS) is 12.2. The lowest BCUT2D eigenvalue weighted by molar-refractivity contribution is 0.0957. The molecule has 1 aromatic heterocycles. The first kappa shape index (κ1) is 14.7. The molecule has 102 valence electrons. The van der Waals surface area contributed by atoms with Crippen molar-refractivity contribution in [2.75, 3.05) is 31.2 Å². The van der Waals surface area contributed by atoms with Gasteiger partial charge in [-0.15, -0.1) is 0 Å². The van der Waals surface area contributed by atoms with Crippen LogP contribution in [0.3, 0.4) is 0 Å². The summed E-state index contributed by atoms with van der Waals surface area (Å²) in [5.74, 6) is 0.333. The van der Waals surface area contributed by atoms with Gasteiger partial charge in [0.2, 0.25) is 0 Å². The molecule has 0 saturated heterocycles. The SMILES string of the molecule is CNc1nc(N)c(C(=O)NCCCC(C)CO)s1. The highest BCUT2D eigenvalue weighted by molar-refractivity contribution is 7.18. The van der Waals surface area contributed by atoms with Crippen molar-refractivity contribution in [3.05, 3.63) is 4.88 Å². The summed E-state index contributed by atoms with van der Waals surface area (Å²) in [5.41, 5.74) is 5.66. The molecule has 1 heterocycles. The van der Waals surface area contributed by atoms with Crippen LogP contribution < -0.4 is 16.4 Å². The van der Waals surface area contributed by atoms with E-state index in [4.69, 9.17) is 10.8 Å². The maximum Gasteiger partial charge on any atom is 0.265 e. The number of aliphatic hydroxyl groups is 1. The van der Waals surface area contributed by atoms with Crippen LogP contribution in [0.4, 0.5) is 10.9 Å². The zero-order chi connectivity index (χ0) is 13.5. The van der Waals surface area contributed by atoms with E-state index in [0.29, 0.717) is 16.6 Å². The lowest BCUT2D eigenvalue weighted by Crippen LogP contribution is -2.24. The van der Waals surface area contributed by atoms with Gasteiger partial charge in [0.1, 0.15) is 10.7 Å². The lowest BCUT2D eigenvalue weighted by Gasteiger charge is -2.07. The minimum absolute atomic E-state index is 0.182. The molecule has 18 heavy (non-hydrogen) atoms. The third-order valence-corrected chi connectivity index (χ3v) is 3.63. The van der Waals surface area contributed by atoms with Gasteiger partial charge >= 0.3 is 0 Å². The molecule has 1 aromatic rings. The van der Waals surface area contributed by atoms with Crippen LogP contribution in [0.5, 0.6) is 0 Å². The Morgan fingerprint density at radius 1 is 1.61 bits per heavy atom. The van der Waals surface area contributed by atoms with Crippen LogP contribution >= 0.6 is 11.3 Å². The van der Waals surface area contributed by atoms with E-state index in [1.807, 2.05) is 6.92 Å². The Labute approximate surface area is 111 Å². The number of hydrogen-bond acceptors (Lipinski definition) is 6. The second kappa shape index (κ2) is 7.17. The first-order chi connectivity index (χ1) is 8.58. The number of aromatic nitrogens is 1. The predicted molar refractivity (Wildman–Crippen MR) is 73.9 cm³/mol. The summed E-state index contributed by atoms with van der Waals surface area (Å²) in [7, 11) is 1.73. The Bertz CT molecular complexity index is 394. The van der Waals surface area contributed by atoms with E-state index in [2.05, 4.69) is 15.6 Å². The van der Waals surface area contributed by atoms with Crippen LogP contribution in [-0.2, 0) is 0 Å². The Kier molecular flexibility index (Phi) is 5.87. The smallest absolute Gasteiger partial charge is 0.265 e. The lowest BCUT2D eigenvalue weighted by atomic mass is 10.1. The van der Waals surface area contributed by atoms with E-state index in [9.17, 15) is 4.79 Å². The van der Waals surface area contributed by atoms with Gasteiger partial charge in [-0.3, -0.25) is 4.79 Å². The molecule has 0 fully saturated rings. The fraction of sp³-hybridized carbons (Fsp3) is 0.636. The highest BCUT2D eigenvalue weighted by Crippen LogP contribution is 2.24. The first-order valence-electron chi connectivity index (χ1n) is 5.91. The standard InChI is InChI=1S/C11H20N4O2S/c1-7(6-16)4-3-5-14-10(17)8-9(12)15-11(13-2)18-8/h7,16H,3-6,12H2,1-2H3,(H,13,15)(H,14,17). The van der Waals surface area contributed by atoms with Gasteiger partial charge in [0.25, 0.3) is 5.91 Å². The number of aliphatic hydroxyl groups excluding tert-OH is 1. The summed E-state index contributed by atoms with van der Waals surface area (Å²) in [4.78, 5) is 16.3. The Hall–Kier alpha value is -1.34. The van der Waals surface area contributed by atoms with Gasteiger partial charge in [-0.25, -0.2) is 4.98 Å². The van der Waals surface area contributed by atoms with Gasteiger partial charge in [-0.2, -0.15) is 0 Å². The molecular formula is C11H20N4O2S. The van der Waals surface area contributed by atoms with Crippen LogP contribution in [0.25, 0.3) is 0 Å². The summed E-state index contributed by atoms with van der Waals surface area (Å²) in [6, 6.07) is 0. The second-order valence-corrected chi connectivity index (χ2v) is 5.17. The van der Waals surface area contributed by atoms with E-state index in [1.165, 1.54) is 11.3 Å². The summed E-state index contributed by atoms with van der Waals surface area (Å²) >= 11 is 1.24. The van der Waals surface area contributed by atoms with Crippen molar-refractivity contribution in [2.45, 2.75) is 19.8 Å². The fourth-order valence-electron chi connectivity index (χ4n) is 1.43. The topological polar surface area (TPSA) is 100 Å². The number of nitrogen functional groups attached to an aromatic ring is 1. The Morgan fingerprint density at radius 2 is 2.33 bits per heavy atom. The van der Waals surface area contributed by atoms with E-state index < -0.39 is 0 Å². The maximum atomic E-state index is 11.8. The summed E-state index contributed by atoms with van der Waals surface area (Å²) in [6.07, 6.45) is 1.72. The van der Waals surface area contributed by atoms with Crippen LogP contribution in [0.1, 0.15) is 29.4 Å². The monoisotopic (exact) mass is 272 g/mol. The molecule has 0 aliphatic carbocycles. The Balaban J connectivity index is 2.38. The highest BCUT2D eigenvalue weighted by Gasteiger charge is 2.15. The molecule has 7 heteroatoms. The van der Waals surface area contributed by atoms with Crippen molar-refractivity contribution in [1.29, 1.82) is 0 Å². The first-order valence-corrected chi connectivity index (χ1v) is 6.73. The quantitative estimate of drug-likeness (QED) is 0.553. The number of anilines is 2. The van der Waals surface area contributed by atoms with E-state index >= 15 is 0 Å². The van der Waals surface area contributed by atoms with Crippen molar-refractivity contribution in [1.82, 2.24) is 10.3 Å². The van der Waals surface area contributed by atoms with Gasteiger partial charge < -0.3 is 21.5 Å². The van der Waals surface area contributed by atoms with Crippen molar-refractivity contribution >= 4 is 28.2 Å². The molecule has 0 aliphatic rings. The van der Waals surface area contributed by atoms with Crippen molar-refractivity contribution < 1.29 is 9.90 Å². The zero-order valence-corrected chi connectivity index (χ0v) is 11.5. The number of carbonyl (C=O) groups is 1. The number of rotatable bonds is 7. The molecule has 0 aliphatic heterocycles. The third kappa shape index (κ3) is 4.15. The zero-order valence-electron chi connectivity index (χ0n) is 10.7. The van der Waals surface area contributed by atoms with Crippen LogP contribution in [0.2, 0.25) is 0 Å². The maximum absolute atomic E-state index is 11.8. The van der Waals surface area contributed by atoms with Gasteiger partial charge in [-0.1, -0.05) is 18.3 Å². The van der Waals surface area contributed by atoms with Crippen LogP contribution in [-0.4, -0.2) is 36.2 Å². The molecule has 1 amide bonds. The van der Waals surface area contributed by atoms with Crippen LogP contribution in [0.15, 0.2) is 0 Å². The molecule has 1 atom stereocenters. The number of hydrogen-bond donors (Lipinski definition) is 4. The van der Waals surface area contributed by atoms with Gasteiger partial charge in [0.05, 0.1) is 0 Å². The van der Waals surface area contributed by atoms with Crippen LogP contribution in [0, 0.1) is 5.92 Å². The molecular weight excluding hydrogens is 252 g/mol. The molecule has 0 bridgehead atoms. The third-order valence-electron chi connectivity index (χ3n) is 2.54. The number of carbonyl (C=O) groups excluding carboxylic acids is 1. The van der Waals surface area contributed by atoms with Gasteiger partial charge in [-0.05, 0) is 18.8 Å². The average molecular weight is 272 g/mol. The van der Waals surface area contributed by atoms with Gasteiger partial charge in [0.15, 0.2) is 5.13 Å². The van der Waals surface area contributed by atoms with Crippen molar-refractivity contribution in [2.24, 2.45) is 5.92 Å². The van der Waals surface area contributed by atoms with Crippen molar-refractivity contribution in [3.63, 3.8) is 0 Å². The number of nitrogens with zero attached hydrogens (tertiary/aromatic N) is 1. The summed E-state index contributed by atoms with van der Waals surface area (Å²) in [5, 5.41) is 15.2. The number of nitrogens with one attached hydrogen (secondary N) is 2. The minimum Gasteiger partial charge on any atom is -0.396 e. The van der Waals surface area contributed by atoms with Gasteiger partial charge in [0, 0.05) is 20.2 Å². The largest absolute Gasteiger partial charge is 0.396 e. The molecule has 0 aromatic carbocycles. The van der Waals surface area contributed by atoms with E-state index in [-0.39, 0.29) is 24.2 Å². The number of thiazole rings is 1. The number of nitrogens with two attached hydrogens (primary N) is 1. The fourth-order valence-corrected chi connectivity index (χ4v) is 2.18. The Morgan fingerprint density at radius 3 is 2.89 bits per heavy atom. The molecule has 5 N–H and O–H groups in total. The predicted octanol–water partition coefficient (Wildman–Crippen LogP) is 0.905. The minimum atomic E-state index is -0.192. The molecule has 1 unspecified atom stereocenters. The second-order valence-electron chi connectivity index (χ2n) is 4.17. The molecule has 0 radical (unpaired) electrons. The van der Waals surface area contributed by atoms with E-state index in [0.717, 1.165) is 12.8 Å². The number of amides is 1. The molecule has 0 saturated carbocycles. The highest BCUT2D eigenvalue weighted by atomic mass is 32.1. The average Bonchev–Trinajstić information content (AvgIpc) is 2.75. The molecule has 6 nitrogen and oxygen atoms in total. The molecule has 1 rings (SSSR count). The summed E-state index contributed by atoms with van der Waals surface area (Å²) < 4.78 is 0. The summed E-state index contributed by atoms with van der Waals surface area (Å²) in [6.45, 7) is 2.73. The van der Waals surface area contributed by atoms with Crippen molar-refractivity contribution in [3.8, 4) is 0 Å². The van der Waals surface area contributed by atoms with E-state index in [1.54, 1.807) is 7.05 Å².